The second-order valence-corrected chi connectivity index (χ2v) is 4.47. The SMILES string of the molecule is CCc1nc(NC)cc(Oc2c(Cl)cccc2[N+](=O)[O-])n1. The minimum atomic E-state index is -0.553. The van der Waals surface area contributed by atoms with Crippen LogP contribution in [0.2, 0.25) is 5.02 Å². The van der Waals surface area contributed by atoms with Crippen LogP contribution >= 0.6 is 11.6 Å². The van der Waals surface area contributed by atoms with E-state index in [9.17, 15) is 10.1 Å². The Balaban J connectivity index is 2.45. The Kier molecular flexibility index (Phi) is 4.54. The molecule has 0 aliphatic heterocycles. The summed E-state index contributed by atoms with van der Waals surface area (Å²) in [5.41, 5.74) is -0.217. The molecule has 0 saturated heterocycles. The van der Waals surface area contributed by atoms with E-state index in [0.717, 1.165) is 0 Å². The highest BCUT2D eigenvalue weighted by Crippen LogP contribution is 2.37. The number of rotatable bonds is 5. The van der Waals surface area contributed by atoms with Crippen molar-refractivity contribution >= 4 is 23.1 Å². The first kappa shape index (κ1) is 15.0. The first-order chi connectivity index (χ1) is 10.0. The lowest BCUT2D eigenvalue weighted by atomic mass is 10.3. The Hall–Kier alpha value is -2.41. The first-order valence-electron chi connectivity index (χ1n) is 6.21. The Labute approximate surface area is 126 Å². The summed E-state index contributed by atoms with van der Waals surface area (Å²) in [6, 6.07) is 5.88. The summed E-state index contributed by atoms with van der Waals surface area (Å²) in [5, 5.41) is 14.1. The normalized spacial score (nSPS) is 10.2. The molecule has 0 fully saturated rings. The van der Waals surface area contributed by atoms with E-state index in [2.05, 4.69) is 15.3 Å². The topological polar surface area (TPSA) is 90.2 Å². The summed E-state index contributed by atoms with van der Waals surface area (Å²) < 4.78 is 5.52. The van der Waals surface area contributed by atoms with Crippen LogP contribution in [0.4, 0.5) is 11.5 Å². The molecule has 8 heteroatoms. The predicted molar refractivity (Wildman–Crippen MR) is 79.1 cm³/mol. The van der Waals surface area contributed by atoms with Gasteiger partial charge in [0.1, 0.15) is 11.6 Å². The van der Waals surface area contributed by atoms with Crippen molar-refractivity contribution < 1.29 is 9.66 Å². The largest absolute Gasteiger partial charge is 0.430 e. The quantitative estimate of drug-likeness (QED) is 0.672. The molecule has 0 aliphatic carbocycles. The zero-order valence-electron chi connectivity index (χ0n) is 11.5. The molecule has 0 atom stereocenters. The third-order valence-electron chi connectivity index (χ3n) is 2.67. The number of aromatic nitrogens is 2. The average molecular weight is 309 g/mol. The Morgan fingerprint density at radius 1 is 1.43 bits per heavy atom. The van der Waals surface area contributed by atoms with Gasteiger partial charge < -0.3 is 10.1 Å². The molecular weight excluding hydrogens is 296 g/mol. The van der Waals surface area contributed by atoms with E-state index in [0.29, 0.717) is 18.1 Å². The zero-order chi connectivity index (χ0) is 15.4. The van der Waals surface area contributed by atoms with Gasteiger partial charge in [-0.25, -0.2) is 4.98 Å². The van der Waals surface area contributed by atoms with E-state index >= 15 is 0 Å². The maximum atomic E-state index is 11.0. The second kappa shape index (κ2) is 6.36. The van der Waals surface area contributed by atoms with Crippen LogP contribution in [0.15, 0.2) is 24.3 Å². The summed E-state index contributed by atoms with van der Waals surface area (Å²) in [6.07, 6.45) is 0.608. The van der Waals surface area contributed by atoms with Crippen LogP contribution in [0.25, 0.3) is 0 Å². The van der Waals surface area contributed by atoms with Gasteiger partial charge in [0, 0.05) is 25.6 Å². The maximum Gasteiger partial charge on any atom is 0.313 e. The van der Waals surface area contributed by atoms with E-state index in [1.54, 1.807) is 13.1 Å². The fourth-order valence-corrected chi connectivity index (χ4v) is 1.87. The van der Waals surface area contributed by atoms with E-state index < -0.39 is 4.92 Å². The molecule has 0 radical (unpaired) electrons. The molecule has 1 heterocycles. The number of benzene rings is 1. The van der Waals surface area contributed by atoms with Crippen LogP contribution in [0.5, 0.6) is 11.6 Å². The number of nitro benzene ring substituents is 1. The van der Waals surface area contributed by atoms with Gasteiger partial charge in [-0.2, -0.15) is 4.98 Å². The van der Waals surface area contributed by atoms with Crippen molar-refractivity contribution in [3.63, 3.8) is 0 Å². The molecule has 0 amide bonds. The lowest BCUT2D eigenvalue weighted by Gasteiger charge is -2.09. The van der Waals surface area contributed by atoms with Gasteiger partial charge in [0.25, 0.3) is 0 Å². The second-order valence-electron chi connectivity index (χ2n) is 4.06. The maximum absolute atomic E-state index is 11.0. The molecule has 7 nitrogen and oxygen atoms in total. The minimum absolute atomic E-state index is 0.0352. The van der Waals surface area contributed by atoms with Crippen molar-refractivity contribution in [2.24, 2.45) is 0 Å². The third-order valence-corrected chi connectivity index (χ3v) is 2.97. The zero-order valence-corrected chi connectivity index (χ0v) is 12.2. The van der Waals surface area contributed by atoms with Crippen LogP contribution in [0.1, 0.15) is 12.7 Å². The van der Waals surface area contributed by atoms with Gasteiger partial charge in [-0.1, -0.05) is 24.6 Å². The molecule has 1 aromatic heterocycles. The van der Waals surface area contributed by atoms with E-state index in [-0.39, 0.29) is 22.3 Å². The molecule has 110 valence electrons. The van der Waals surface area contributed by atoms with Crippen molar-refractivity contribution in [1.29, 1.82) is 0 Å². The summed E-state index contributed by atoms with van der Waals surface area (Å²) >= 11 is 5.98. The molecule has 0 unspecified atom stereocenters. The van der Waals surface area contributed by atoms with Gasteiger partial charge in [-0.05, 0) is 6.07 Å². The molecule has 0 saturated carbocycles. The van der Waals surface area contributed by atoms with E-state index in [1.807, 2.05) is 6.92 Å². The molecule has 0 bridgehead atoms. The number of anilines is 1. The highest BCUT2D eigenvalue weighted by molar-refractivity contribution is 6.32. The number of hydrogen-bond donors (Lipinski definition) is 1. The molecule has 0 aliphatic rings. The number of nitrogens with one attached hydrogen (secondary N) is 1. The van der Waals surface area contributed by atoms with Crippen LogP contribution in [0, 0.1) is 10.1 Å². The lowest BCUT2D eigenvalue weighted by Crippen LogP contribution is -2.02. The molecule has 2 aromatic rings. The number of nitrogens with zero attached hydrogens (tertiary/aromatic N) is 3. The number of nitro groups is 1. The first-order valence-corrected chi connectivity index (χ1v) is 6.59. The third kappa shape index (κ3) is 3.38. The van der Waals surface area contributed by atoms with Crippen LogP contribution < -0.4 is 10.1 Å². The number of hydrogen-bond acceptors (Lipinski definition) is 6. The van der Waals surface area contributed by atoms with Crippen LogP contribution in [0.3, 0.4) is 0 Å². The monoisotopic (exact) mass is 308 g/mol. The summed E-state index contributed by atoms with van der Waals surface area (Å²) in [6.45, 7) is 1.90. The molecular formula is C13H13ClN4O3. The van der Waals surface area contributed by atoms with Gasteiger partial charge in [0.2, 0.25) is 11.6 Å². The summed E-state index contributed by atoms with van der Waals surface area (Å²) in [7, 11) is 1.71. The molecule has 0 spiro atoms. The van der Waals surface area contributed by atoms with Crippen LogP contribution in [-0.2, 0) is 6.42 Å². The number of halogens is 1. The van der Waals surface area contributed by atoms with E-state index in [1.165, 1.54) is 18.2 Å². The Morgan fingerprint density at radius 3 is 2.81 bits per heavy atom. The fraction of sp³-hybridized carbons (Fsp3) is 0.231. The molecule has 1 N–H and O–H groups in total. The lowest BCUT2D eigenvalue weighted by molar-refractivity contribution is -0.385. The van der Waals surface area contributed by atoms with Crippen molar-refractivity contribution in [2.75, 3.05) is 12.4 Å². The van der Waals surface area contributed by atoms with Crippen LogP contribution in [-0.4, -0.2) is 21.9 Å². The van der Waals surface area contributed by atoms with Crippen molar-refractivity contribution in [3.8, 4) is 11.6 Å². The smallest absolute Gasteiger partial charge is 0.313 e. The molecule has 2 rings (SSSR count). The highest BCUT2D eigenvalue weighted by Gasteiger charge is 2.20. The van der Waals surface area contributed by atoms with Crippen molar-refractivity contribution in [2.45, 2.75) is 13.3 Å². The Morgan fingerprint density at radius 2 is 2.19 bits per heavy atom. The van der Waals surface area contributed by atoms with Crippen molar-refractivity contribution in [1.82, 2.24) is 9.97 Å². The van der Waals surface area contributed by atoms with Gasteiger partial charge in [0.15, 0.2) is 0 Å². The number of aryl methyl sites for hydroxylation is 1. The summed E-state index contributed by atoms with van der Waals surface area (Å²) in [4.78, 5) is 18.9. The van der Waals surface area contributed by atoms with Gasteiger partial charge in [-0.15, -0.1) is 0 Å². The molecule has 21 heavy (non-hydrogen) atoms. The number of ether oxygens (including phenoxy) is 1. The predicted octanol–water partition coefficient (Wildman–Crippen LogP) is 3.43. The van der Waals surface area contributed by atoms with Gasteiger partial charge in [-0.3, -0.25) is 10.1 Å². The van der Waals surface area contributed by atoms with Gasteiger partial charge >= 0.3 is 5.69 Å². The molecule has 1 aromatic carbocycles. The fourth-order valence-electron chi connectivity index (χ4n) is 1.66. The van der Waals surface area contributed by atoms with Crippen molar-refractivity contribution in [3.05, 3.63) is 45.2 Å². The van der Waals surface area contributed by atoms with E-state index in [4.69, 9.17) is 16.3 Å². The van der Waals surface area contributed by atoms with Gasteiger partial charge in [0.05, 0.1) is 9.95 Å². The minimum Gasteiger partial charge on any atom is -0.430 e. The number of para-hydroxylation sites is 1. The standard InChI is InChI=1S/C13H13ClN4O3/c1-3-10-16-11(15-2)7-12(17-10)21-13-8(14)5-4-6-9(13)18(19)20/h4-7H,3H2,1-2H3,(H,15,16,17). The highest BCUT2D eigenvalue weighted by atomic mass is 35.5. The average Bonchev–Trinajstić information content (AvgIpc) is 2.48. The Bertz CT molecular complexity index is 656. The summed E-state index contributed by atoms with van der Waals surface area (Å²) in [5.74, 6) is 1.28.